The summed E-state index contributed by atoms with van der Waals surface area (Å²) in [5.41, 5.74) is 0.105. The number of halogens is 5. The van der Waals surface area contributed by atoms with Gasteiger partial charge in [0.25, 0.3) is 0 Å². The lowest BCUT2D eigenvalue weighted by atomic mass is 9.87. The average molecular weight is 537 g/mol. The second-order valence-corrected chi connectivity index (χ2v) is 9.30. The predicted molar refractivity (Wildman–Crippen MR) is 140 cm³/mol. The molecule has 2 aromatic carbocycles. The summed E-state index contributed by atoms with van der Waals surface area (Å²) in [6.07, 6.45) is -1.93. The Balaban J connectivity index is 0.00000306. The van der Waals surface area contributed by atoms with Crippen molar-refractivity contribution < 1.29 is 23.0 Å². The van der Waals surface area contributed by atoms with Gasteiger partial charge in [0.15, 0.2) is 0 Å². The van der Waals surface area contributed by atoms with Gasteiger partial charge in [0.05, 0.1) is 17.3 Å². The van der Waals surface area contributed by atoms with E-state index in [0.29, 0.717) is 50.9 Å². The number of hydrogen-bond acceptors (Lipinski definition) is 4. The predicted octanol–water partition coefficient (Wildman–Crippen LogP) is 6.23. The molecule has 0 amide bonds. The van der Waals surface area contributed by atoms with Crippen LogP contribution in [-0.4, -0.2) is 54.9 Å². The monoisotopic (exact) mass is 536 g/mol. The molecular formula is C26H37Cl2F3N2O2. The van der Waals surface area contributed by atoms with Crippen LogP contribution in [0.25, 0.3) is 0 Å². The Morgan fingerprint density at radius 1 is 1.03 bits per heavy atom. The first-order chi connectivity index (χ1) is 15.6. The van der Waals surface area contributed by atoms with Crippen molar-refractivity contribution in [2.24, 2.45) is 0 Å². The van der Waals surface area contributed by atoms with Gasteiger partial charge in [-0.3, -0.25) is 0 Å². The lowest BCUT2D eigenvalue weighted by Crippen LogP contribution is -2.46. The summed E-state index contributed by atoms with van der Waals surface area (Å²) >= 11 is 0. The fraction of sp³-hybridized carbons (Fsp3) is 0.538. The van der Waals surface area contributed by atoms with Gasteiger partial charge in [0.1, 0.15) is 5.75 Å². The molecule has 198 valence electrons. The zero-order valence-corrected chi connectivity index (χ0v) is 22.2. The molecule has 0 saturated carbocycles. The van der Waals surface area contributed by atoms with Crippen LogP contribution in [0.2, 0.25) is 0 Å². The van der Waals surface area contributed by atoms with Crippen molar-refractivity contribution in [1.29, 1.82) is 0 Å². The minimum atomic E-state index is -4.33. The van der Waals surface area contributed by atoms with E-state index < -0.39 is 17.3 Å². The molecule has 1 saturated heterocycles. The van der Waals surface area contributed by atoms with Gasteiger partial charge in [-0.15, -0.1) is 24.8 Å². The molecule has 1 N–H and O–H groups in total. The Kier molecular flexibility index (Phi) is 12.2. The lowest BCUT2D eigenvalue weighted by molar-refractivity contribution is -0.138. The van der Waals surface area contributed by atoms with Crippen LogP contribution in [0.1, 0.15) is 44.2 Å². The van der Waals surface area contributed by atoms with Gasteiger partial charge in [-0.1, -0.05) is 18.2 Å². The van der Waals surface area contributed by atoms with Crippen molar-refractivity contribution >= 4 is 30.5 Å². The molecule has 1 fully saturated rings. The SMILES string of the molecule is CC(C)Oc1ccc(N(C)CCC2(O)CCN(CCc3ccccc3C(F)(F)F)CC2)cc1.Cl.Cl. The van der Waals surface area contributed by atoms with Crippen molar-refractivity contribution in [3.63, 3.8) is 0 Å². The van der Waals surface area contributed by atoms with Gasteiger partial charge in [0, 0.05) is 38.9 Å². The van der Waals surface area contributed by atoms with Crippen LogP contribution in [0.3, 0.4) is 0 Å². The van der Waals surface area contributed by atoms with E-state index in [2.05, 4.69) is 9.80 Å². The average Bonchev–Trinajstić information content (AvgIpc) is 2.77. The van der Waals surface area contributed by atoms with Gasteiger partial charge >= 0.3 is 6.18 Å². The summed E-state index contributed by atoms with van der Waals surface area (Å²) in [5.74, 6) is 0.839. The minimum absolute atomic E-state index is 0. The first-order valence-corrected chi connectivity index (χ1v) is 11.6. The molecular weight excluding hydrogens is 500 g/mol. The van der Waals surface area contributed by atoms with E-state index in [1.165, 1.54) is 6.07 Å². The molecule has 2 aromatic rings. The third-order valence-electron chi connectivity index (χ3n) is 6.37. The topological polar surface area (TPSA) is 35.9 Å². The molecule has 0 unspecified atom stereocenters. The molecule has 0 aliphatic carbocycles. The summed E-state index contributed by atoms with van der Waals surface area (Å²) in [4.78, 5) is 4.27. The van der Waals surface area contributed by atoms with E-state index in [1.807, 2.05) is 45.2 Å². The normalized spacial score (nSPS) is 15.8. The fourth-order valence-electron chi connectivity index (χ4n) is 4.29. The number of hydrogen-bond donors (Lipinski definition) is 1. The van der Waals surface area contributed by atoms with E-state index in [1.54, 1.807) is 12.1 Å². The number of likely N-dealkylation sites (tertiary alicyclic amines) is 1. The maximum atomic E-state index is 13.2. The van der Waals surface area contributed by atoms with Gasteiger partial charge in [-0.2, -0.15) is 13.2 Å². The molecule has 9 heteroatoms. The zero-order chi connectivity index (χ0) is 24.1. The van der Waals surface area contributed by atoms with Crippen LogP contribution in [-0.2, 0) is 12.6 Å². The van der Waals surface area contributed by atoms with Crippen LogP contribution < -0.4 is 9.64 Å². The summed E-state index contributed by atoms with van der Waals surface area (Å²) < 4.78 is 45.3. The number of rotatable bonds is 9. The molecule has 35 heavy (non-hydrogen) atoms. The second kappa shape index (κ2) is 13.6. The minimum Gasteiger partial charge on any atom is -0.491 e. The Morgan fingerprint density at radius 3 is 2.20 bits per heavy atom. The zero-order valence-electron chi connectivity index (χ0n) is 20.6. The van der Waals surface area contributed by atoms with E-state index in [0.717, 1.165) is 24.0 Å². The van der Waals surface area contributed by atoms with E-state index in [9.17, 15) is 18.3 Å². The number of anilines is 1. The van der Waals surface area contributed by atoms with Crippen molar-refractivity contribution in [3.8, 4) is 5.75 Å². The number of alkyl halides is 3. The standard InChI is InChI=1S/C26H35F3N2O2.2ClH/c1-20(2)33-23-10-8-22(9-11-23)30(3)17-13-25(32)14-18-31(19-15-25)16-12-21-6-4-5-7-24(21)26(27,28)29;;/h4-11,20,32H,12-19H2,1-3H3;2*1H. The summed E-state index contributed by atoms with van der Waals surface area (Å²) in [6.45, 7) is 6.65. The first kappa shape index (κ1) is 31.4. The molecule has 0 spiro atoms. The maximum Gasteiger partial charge on any atom is 0.416 e. The molecule has 3 rings (SSSR count). The summed E-state index contributed by atoms with van der Waals surface area (Å²) in [7, 11) is 2.01. The molecule has 4 nitrogen and oxygen atoms in total. The summed E-state index contributed by atoms with van der Waals surface area (Å²) in [5, 5.41) is 11.0. The Morgan fingerprint density at radius 2 is 1.63 bits per heavy atom. The van der Waals surface area contributed by atoms with Gasteiger partial charge in [0.2, 0.25) is 0 Å². The highest BCUT2D eigenvalue weighted by atomic mass is 35.5. The van der Waals surface area contributed by atoms with Crippen LogP contribution in [0, 0.1) is 0 Å². The molecule has 0 radical (unpaired) electrons. The van der Waals surface area contributed by atoms with Gasteiger partial charge in [-0.25, -0.2) is 0 Å². The number of aliphatic hydroxyl groups is 1. The maximum absolute atomic E-state index is 13.2. The Labute approximate surface area is 219 Å². The highest BCUT2D eigenvalue weighted by Gasteiger charge is 2.34. The molecule has 1 heterocycles. The van der Waals surface area contributed by atoms with E-state index in [4.69, 9.17) is 4.74 Å². The second-order valence-electron chi connectivity index (χ2n) is 9.30. The van der Waals surface area contributed by atoms with Crippen molar-refractivity contribution in [2.45, 2.75) is 57.4 Å². The van der Waals surface area contributed by atoms with Crippen LogP contribution in [0.4, 0.5) is 18.9 Å². The Hall–Kier alpha value is -1.67. The number of nitrogens with zero attached hydrogens (tertiary/aromatic N) is 2. The molecule has 1 aliphatic heterocycles. The van der Waals surface area contributed by atoms with Crippen molar-refractivity contribution in [3.05, 3.63) is 59.7 Å². The number of piperidine rings is 1. The number of benzene rings is 2. The molecule has 0 bridgehead atoms. The van der Waals surface area contributed by atoms with Gasteiger partial charge in [-0.05, 0) is 75.4 Å². The van der Waals surface area contributed by atoms with Gasteiger partial charge < -0.3 is 19.6 Å². The number of ether oxygens (including phenoxy) is 1. The first-order valence-electron chi connectivity index (χ1n) is 11.6. The largest absolute Gasteiger partial charge is 0.491 e. The van der Waals surface area contributed by atoms with Crippen molar-refractivity contribution in [2.75, 3.05) is 38.1 Å². The fourth-order valence-corrected chi connectivity index (χ4v) is 4.29. The highest BCUT2D eigenvalue weighted by Crippen LogP contribution is 2.32. The highest BCUT2D eigenvalue weighted by molar-refractivity contribution is 5.85. The molecule has 0 atom stereocenters. The third kappa shape index (κ3) is 9.37. The van der Waals surface area contributed by atoms with E-state index >= 15 is 0 Å². The lowest BCUT2D eigenvalue weighted by Gasteiger charge is -2.39. The summed E-state index contributed by atoms with van der Waals surface area (Å²) in [6, 6.07) is 13.7. The van der Waals surface area contributed by atoms with E-state index in [-0.39, 0.29) is 30.9 Å². The molecule has 1 aliphatic rings. The van der Waals surface area contributed by atoms with Crippen LogP contribution in [0.5, 0.6) is 5.75 Å². The smallest absolute Gasteiger partial charge is 0.416 e. The Bertz CT molecular complexity index is 887. The van der Waals surface area contributed by atoms with Crippen LogP contribution in [0.15, 0.2) is 48.5 Å². The molecule has 0 aromatic heterocycles. The quantitative estimate of drug-likeness (QED) is 0.412. The van der Waals surface area contributed by atoms with Crippen LogP contribution >= 0.6 is 24.8 Å². The van der Waals surface area contributed by atoms with Crippen molar-refractivity contribution in [1.82, 2.24) is 4.90 Å². The third-order valence-corrected chi connectivity index (χ3v) is 6.37.